The molecule has 110 valence electrons. The lowest BCUT2D eigenvalue weighted by molar-refractivity contribution is 0.0949. The zero-order valence-corrected chi connectivity index (χ0v) is 12.2. The molecule has 5 nitrogen and oxygen atoms in total. The summed E-state index contributed by atoms with van der Waals surface area (Å²) in [5.74, 6) is 0.402. The molecule has 0 bridgehead atoms. The van der Waals surface area contributed by atoms with E-state index >= 15 is 0 Å². The first kappa shape index (κ1) is 15.2. The first-order valence-corrected chi connectivity index (χ1v) is 6.90. The molecular weight excluding hydrogens is 288 g/mol. The maximum absolute atomic E-state index is 12.1. The van der Waals surface area contributed by atoms with E-state index in [9.17, 15) is 4.79 Å². The molecule has 2 rings (SSSR count). The summed E-state index contributed by atoms with van der Waals surface area (Å²) in [6.45, 7) is 0.485. The summed E-state index contributed by atoms with van der Waals surface area (Å²) in [6.07, 6.45) is 1.68. The van der Waals surface area contributed by atoms with Gasteiger partial charge in [0.2, 0.25) is 0 Å². The van der Waals surface area contributed by atoms with E-state index in [0.717, 1.165) is 5.56 Å². The summed E-state index contributed by atoms with van der Waals surface area (Å²) in [6, 6.07) is 10.8. The number of hydrogen-bond acceptors (Lipinski definition) is 4. The van der Waals surface area contributed by atoms with Crippen LogP contribution in [0.15, 0.2) is 42.6 Å². The van der Waals surface area contributed by atoms with Gasteiger partial charge in [-0.1, -0.05) is 30.4 Å². The van der Waals surface area contributed by atoms with Crippen LogP contribution in [0.2, 0.25) is 0 Å². The van der Waals surface area contributed by atoms with Crippen molar-refractivity contribution in [1.29, 1.82) is 0 Å². The molecule has 0 fully saturated rings. The number of aromatic amines is 1. The van der Waals surface area contributed by atoms with E-state index in [1.807, 2.05) is 18.2 Å². The number of ether oxygens (including phenoxy) is 1. The maximum Gasteiger partial charge on any atom is 0.254 e. The van der Waals surface area contributed by atoms with Crippen molar-refractivity contribution >= 4 is 18.1 Å². The number of aliphatic hydroxyl groups is 1. The van der Waals surface area contributed by atoms with Gasteiger partial charge in [-0.15, -0.1) is 0 Å². The van der Waals surface area contributed by atoms with Gasteiger partial charge < -0.3 is 20.1 Å². The Hall–Kier alpha value is -2.18. The van der Waals surface area contributed by atoms with Crippen molar-refractivity contribution in [3.63, 3.8) is 0 Å². The molecule has 0 saturated carbocycles. The van der Waals surface area contributed by atoms with Crippen molar-refractivity contribution in [3.05, 3.63) is 58.4 Å². The molecule has 0 spiro atoms. The first-order valence-electron chi connectivity index (χ1n) is 6.50. The van der Waals surface area contributed by atoms with Gasteiger partial charge in [0.05, 0.1) is 12.2 Å². The van der Waals surface area contributed by atoms with Gasteiger partial charge in [0.15, 0.2) is 0 Å². The molecule has 1 aromatic heterocycles. The Morgan fingerprint density at radius 1 is 1.29 bits per heavy atom. The second-order valence-electron chi connectivity index (χ2n) is 4.28. The minimum absolute atomic E-state index is 0.0557. The molecule has 0 aliphatic rings. The monoisotopic (exact) mass is 304 g/mol. The van der Waals surface area contributed by atoms with Gasteiger partial charge in [0.25, 0.3) is 5.91 Å². The maximum atomic E-state index is 12.1. The van der Waals surface area contributed by atoms with Crippen LogP contribution in [0.5, 0.6) is 5.75 Å². The predicted octanol–water partition coefficient (Wildman–Crippen LogP) is 2.05. The third-order valence-electron chi connectivity index (χ3n) is 2.82. The SMILES string of the molecule is O=C(NCc1ccccc1OCCO)c1ccc[nH]c1=S. The summed E-state index contributed by atoms with van der Waals surface area (Å²) in [4.78, 5) is 14.9. The van der Waals surface area contributed by atoms with Gasteiger partial charge >= 0.3 is 0 Å². The largest absolute Gasteiger partial charge is 0.491 e. The number of H-pyrrole nitrogens is 1. The van der Waals surface area contributed by atoms with Gasteiger partial charge in [-0.2, -0.15) is 0 Å². The predicted molar refractivity (Wildman–Crippen MR) is 81.8 cm³/mol. The molecular formula is C15H16N2O3S. The minimum Gasteiger partial charge on any atom is -0.491 e. The van der Waals surface area contributed by atoms with Crippen LogP contribution in [0.1, 0.15) is 15.9 Å². The van der Waals surface area contributed by atoms with Crippen LogP contribution < -0.4 is 10.1 Å². The molecule has 0 radical (unpaired) electrons. The van der Waals surface area contributed by atoms with E-state index in [4.69, 9.17) is 22.1 Å². The minimum atomic E-state index is -0.242. The molecule has 21 heavy (non-hydrogen) atoms. The number of para-hydroxylation sites is 1. The average Bonchev–Trinajstić information content (AvgIpc) is 2.52. The van der Waals surface area contributed by atoms with E-state index in [-0.39, 0.29) is 19.1 Å². The Kier molecular flexibility index (Phi) is 5.48. The van der Waals surface area contributed by atoms with Gasteiger partial charge in [0, 0.05) is 18.3 Å². The molecule has 0 aliphatic heterocycles. The van der Waals surface area contributed by atoms with Crippen LogP contribution in [0.4, 0.5) is 0 Å². The highest BCUT2D eigenvalue weighted by Crippen LogP contribution is 2.17. The van der Waals surface area contributed by atoms with Crippen LogP contribution in [-0.2, 0) is 6.54 Å². The van der Waals surface area contributed by atoms with Crippen molar-refractivity contribution in [1.82, 2.24) is 10.3 Å². The highest BCUT2D eigenvalue weighted by molar-refractivity contribution is 7.71. The number of aliphatic hydroxyl groups excluding tert-OH is 1. The molecule has 0 aliphatic carbocycles. The van der Waals surface area contributed by atoms with Gasteiger partial charge in [0.1, 0.15) is 17.0 Å². The van der Waals surface area contributed by atoms with Crippen molar-refractivity contribution in [2.45, 2.75) is 6.54 Å². The van der Waals surface area contributed by atoms with Gasteiger partial charge in [-0.25, -0.2) is 0 Å². The van der Waals surface area contributed by atoms with Crippen molar-refractivity contribution < 1.29 is 14.6 Å². The van der Waals surface area contributed by atoms with Gasteiger partial charge in [-0.3, -0.25) is 4.79 Å². The van der Waals surface area contributed by atoms with Crippen molar-refractivity contribution in [3.8, 4) is 5.75 Å². The van der Waals surface area contributed by atoms with E-state index in [1.54, 1.807) is 24.4 Å². The van der Waals surface area contributed by atoms with E-state index in [0.29, 0.717) is 22.5 Å². The number of carbonyl (C=O) groups is 1. The van der Waals surface area contributed by atoms with Crippen LogP contribution >= 0.6 is 12.2 Å². The lowest BCUT2D eigenvalue weighted by atomic mass is 10.2. The second-order valence-corrected chi connectivity index (χ2v) is 4.68. The lowest BCUT2D eigenvalue weighted by Crippen LogP contribution is -2.23. The quantitative estimate of drug-likeness (QED) is 0.714. The molecule has 1 amide bonds. The number of hydrogen-bond donors (Lipinski definition) is 3. The van der Waals surface area contributed by atoms with Crippen LogP contribution in [0.25, 0.3) is 0 Å². The van der Waals surface area contributed by atoms with Crippen LogP contribution in [-0.4, -0.2) is 29.2 Å². The molecule has 6 heteroatoms. The number of benzene rings is 1. The summed E-state index contributed by atoms with van der Waals surface area (Å²) >= 11 is 5.07. The Morgan fingerprint density at radius 2 is 2.10 bits per heavy atom. The fraction of sp³-hybridized carbons (Fsp3) is 0.200. The molecule has 2 aromatic rings. The molecule has 3 N–H and O–H groups in total. The van der Waals surface area contributed by atoms with E-state index in [2.05, 4.69) is 10.3 Å². The fourth-order valence-corrected chi connectivity index (χ4v) is 2.05. The van der Waals surface area contributed by atoms with E-state index in [1.165, 1.54) is 0 Å². The fourth-order valence-electron chi connectivity index (χ4n) is 1.82. The number of aromatic nitrogens is 1. The molecule has 0 unspecified atom stereocenters. The normalized spacial score (nSPS) is 10.1. The van der Waals surface area contributed by atoms with Crippen molar-refractivity contribution in [2.75, 3.05) is 13.2 Å². The highest BCUT2D eigenvalue weighted by atomic mass is 32.1. The Morgan fingerprint density at radius 3 is 2.86 bits per heavy atom. The van der Waals surface area contributed by atoms with Crippen molar-refractivity contribution in [2.24, 2.45) is 0 Å². The van der Waals surface area contributed by atoms with Gasteiger partial charge in [-0.05, 0) is 18.2 Å². The summed E-state index contributed by atoms with van der Waals surface area (Å²) < 4.78 is 5.82. The Balaban J connectivity index is 2.05. The summed E-state index contributed by atoms with van der Waals surface area (Å²) in [5.41, 5.74) is 1.27. The number of carbonyl (C=O) groups excluding carboxylic acids is 1. The number of nitrogens with one attached hydrogen (secondary N) is 2. The number of rotatable bonds is 6. The lowest BCUT2D eigenvalue weighted by Gasteiger charge is -2.11. The molecule has 1 aromatic carbocycles. The Labute approximate surface area is 127 Å². The standard InChI is InChI=1S/C15H16N2O3S/c18-8-9-20-13-6-2-1-4-11(13)10-17-14(19)12-5-3-7-16-15(12)21/h1-7,18H,8-10H2,(H,16,21)(H,17,19). The number of amides is 1. The average molecular weight is 304 g/mol. The zero-order valence-electron chi connectivity index (χ0n) is 11.3. The first-order chi connectivity index (χ1) is 10.2. The smallest absolute Gasteiger partial charge is 0.254 e. The zero-order chi connectivity index (χ0) is 15.1. The highest BCUT2D eigenvalue weighted by Gasteiger charge is 2.09. The Bertz CT molecular complexity index is 670. The summed E-state index contributed by atoms with van der Waals surface area (Å²) in [5, 5.41) is 11.6. The van der Waals surface area contributed by atoms with Crippen LogP contribution in [0, 0.1) is 4.64 Å². The summed E-state index contributed by atoms with van der Waals surface area (Å²) in [7, 11) is 0. The number of pyridine rings is 1. The third kappa shape index (κ3) is 4.14. The molecule has 0 atom stereocenters. The van der Waals surface area contributed by atoms with Crippen LogP contribution in [0.3, 0.4) is 0 Å². The molecule has 1 heterocycles. The third-order valence-corrected chi connectivity index (χ3v) is 3.16. The second kappa shape index (κ2) is 7.56. The topological polar surface area (TPSA) is 74.3 Å². The molecule has 0 saturated heterocycles. The van der Waals surface area contributed by atoms with E-state index < -0.39 is 0 Å².